The summed E-state index contributed by atoms with van der Waals surface area (Å²) in [7, 11) is 0. The summed E-state index contributed by atoms with van der Waals surface area (Å²) in [4.78, 5) is 18.7. The minimum Gasteiger partial charge on any atom is -0.477 e. The Bertz CT molecular complexity index is 733. The Labute approximate surface area is 147 Å². The molecule has 0 unspecified atom stereocenters. The first-order valence-electron chi connectivity index (χ1n) is 8.65. The summed E-state index contributed by atoms with van der Waals surface area (Å²) in [6, 6.07) is 10.8. The van der Waals surface area contributed by atoms with Crippen LogP contribution in [0.25, 0.3) is 0 Å². The van der Waals surface area contributed by atoms with Gasteiger partial charge in [-0.1, -0.05) is 17.7 Å². The van der Waals surface area contributed by atoms with Crippen LogP contribution in [0.5, 0.6) is 5.88 Å². The van der Waals surface area contributed by atoms with Crippen LogP contribution in [0.3, 0.4) is 0 Å². The van der Waals surface area contributed by atoms with Gasteiger partial charge in [0.1, 0.15) is 5.82 Å². The van der Waals surface area contributed by atoms with E-state index in [4.69, 9.17) is 4.74 Å². The number of aryl methyl sites for hydroxylation is 1. The molecule has 0 saturated carbocycles. The van der Waals surface area contributed by atoms with E-state index in [-0.39, 0.29) is 23.7 Å². The minimum atomic E-state index is -0.381. The molecule has 25 heavy (non-hydrogen) atoms. The number of nitrogens with zero attached hydrogens (tertiary/aromatic N) is 2. The Hall–Kier alpha value is -2.43. The maximum Gasteiger partial charge on any atom is 0.254 e. The summed E-state index contributed by atoms with van der Waals surface area (Å²) in [6.07, 6.45) is 3.09. The number of pyridine rings is 1. The topological polar surface area (TPSA) is 42.4 Å². The first-order valence-corrected chi connectivity index (χ1v) is 8.65. The largest absolute Gasteiger partial charge is 0.477 e. The van der Waals surface area contributed by atoms with Crippen LogP contribution in [-0.2, 0) is 0 Å². The number of carbonyl (C=O) groups is 1. The van der Waals surface area contributed by atoms with Crippen LogP contribution in [0, 0.1) is 18.7 Å². The SMILES string of the molecule is Cc1cccc(C(=O)N2C[C@H](COc3ccc(F)cn3)CC[C@H]2C)c1. The molecule has 1 aliphatic rings. The van der Waals surface area contributed by atoms with E-state index in [2.05, 4.69) is 11.9 Å². The van der Waals surface area contributed by atoms with Crippen LogP contribution in [0.2, 0.25) is 0 Å². The van der Waals surface area contributed by atoms with Crippen molar-refractivity contribution in [2.24, 2.45) is 5.92 Å². The monoisotopic (exact) mass is 342 g/mol. The van der Waals surface area contributed by atoms with Gasteiger partial charge < -0.3 is 9.64 Å². The summed E-state index contributed by atoms with van der Waals surface area (Å²) >= 11 is 0. The van der Waals surface area contributed by atoms with Gasteiger partial charge >= 0.3 is 0 Å². The highest BCUT2D eigenvalue weighted by atomic mass is 19.1. The van der Waals surface area contributed by atoms with Gasteiger partial charge in [-0.05, 0) is 44.9 Å². The summed E-state index contributed by atoms with van der Waals surface area (Å²) in [5.41, 5.74) is 1.81. The van der Waals surface area contributed by atoms with Crippen molar-refractivity contribution in [1.82, 2.24) is 9.88 Å². The maximum absolute atomic E-state index is 12.9. The van der Waals surface area contributed by atoms with Gasteiger partial charge in [0.25, 0.3) is 5.91 Å². The van der Waals surface area contributed by atoms with E-state index >= 15 is 0 Å². The average Bonchev–Trinajstić information content (AvgIpc) is 2.62. The molecule has 1 aliphatic heterocycles. The van der Waals surface area contributed by atoms with Gasteiger partial charge in [-0.15, -0.1) is 0 Å². The van der Waals surface area contributed by atoms with Gasteiger partial charge in [0.2, 0.25) is 5.88 Å². The van der Waals surface area contributed by atoms with Crippen molar-refractivity contribution in [3.05, 3.63) is 59.5 Å². The fourth-order valence-electron chi connectivity index (χ4n) is 3.20. The Morgan fingerprint density at radius 2 is 2.16 bits per heavy atom. The Morgan fingerprint density at radius 3 is 2.88 bits per heavy atom. The lowest BCUT2D eigenvalue weighted by atomic mass is 9.93. The number of aromatic nitrogens is 1. The molecule has 3 rings (SSSR count). The highest BCUT2D eigenvalue weighted by molar-refractivity contribution is 5.94. The van der Waals surface area contributed by atoms with Crippen molar-refractivity contribution in [3.63, 3.8) is 0 Å². The molecule has 0 spiro atoms. The Kier molecular flexibility index (Phi) is 5.31. The number of piperidine rings is 1. The second kappa shape index (κ2) is 7.64. The molecule has 0 aliphatic carbocycles. The van der Waals surface area contributed by atoms with Crippen LogP contribution >= 0.6 is 0 Å². The van der Waals surface area contributed by atoms with Crippen LogP contribution in [-0.4, -0.2) is 35.0 Å². The molecule has 2 aromatic rings. The van der Waals surface area contributed by atoms with Gasteiger partial charge in [0.05, 0.1) is 12.8 Å². The molecule has 2 atom stereocenters. The molecular weight excluding hydrogens is 319 g/mol. The van der Waals surface area contributed by atoms with Crippen LogP contribution < -0.4 is 4.74 Å². The van der Waals surface area contributed by atoms with Crippen molar-refractivity contribution in [3.8, 4) is 5.88 Å². The van der Waals surface area contributed by atoms with Crippen LogP contribution in [0.15, 0.2) is 42.6 Å². The molecule has 2 heterocycles. The fourth-order valence-corrected chi connectivity index (χ4v) is 3.20. The number of ether oxygens (including phenoxy) is 1. The van der Waals surface area contributed by atoms with Crippen molar-refractivity contribution in [1.29, 1.82) is 0 Å². The molecule has 1 amide bonds. The molecule has 5 heteroatoms. The highest BCUT2D eigenvalue weighted by Crippen LogP contribution is 2.24. The molecular formula is C20H23FN2O2. The predicted molar refractivity (Wildman–Crippen MR) is 94.1 cm³/mol. The van der Waals surface area contributed by atoms with Gasteiger partial charge in [0.15, 0.2) is 0 Å². The number of carbonyl (C=O) groups excluding carboxylic acids is 1. The van der Waals surface area contributed by atoms with E-state index < -0.39 is 0 Å². The molecule has 1 aromatic heterocycles. The third-order valence-corrected chi connectivity index (χ3v) is 4.67. The fraction of sp³-hybridized carbons (Fsp3) is 0.400. The number of amides is 1. The smallest absolute Gasteiger partial charge is 0.254 e. The third-order valence-electron chi connectivity index (χ3n) is 4.67. The van der Waals surface area contributed by atoms with Crippen LogP contribution in [0.1, 0.15) is 35.7 Å². The number of benzene rings is 1. The standard InChI is InChI=1S/C20H23FN2O2/c1-14-4-3-5-17(10-14)20(24)23-12-16(7-6-15(23)2)13-25-19-9-8-18(21)11-22-19/h3-5,8-11,15-16H,6-7,12-13H2,1-2H3/t15-,16-/m1/s1. The van der Waals surface area contributed by atoms with E-state index in [0.717, 1.165) is 30.2 Å². The highest BCUT2D eigenvalue weighted by Gasteiger charge is 2.30. The van der Waals surface area contributed by atoms with Crippen molar-refractivity contribution >= 4 is 5.91 Å². The number of hydrogen-bond donors (Lipinski definition) is 0. The zero-order valence-corrected chi connectivity index (χ0v) is 14.6. The number of likely N-dealkylation sites (tertiary alicyclic amines) is 1. The van der Waals surface area contributed by atoms with Gasteiger partial charge in [-0.3, -0.25) is 4.79 Å². The lowest BCUT2D eigenvalue weighted by Crippen LogP contribution is -2.46. The zero-order chi connectivity index (χ0) is 17.8. The van der Waals surface area contributed by atoms with Crippen molar-refractivity contribution < 1.29 is 13.9 Å². The first-order chi connectivity index (χ1) is 12.0. The van der Waals surface area contributed by atoms with Gasteiger partial charge in [-0.25, -0.2) is 9.37 Å². The van der Waals surface area contributed by atoms with E-state index in [9.17, 15) is 9.18 Å². The maximum atomic E-state index is 12.9. The zero-order valence-electron chi connectivity index (χ0n) is 14.6. The number of rotatable bonds is 4. The van der Waals surface area contributed by atoms with E-state index in [1.807, 2.05) is 36.1 Å². The molecule has 1 fully saturated rings. The summed E-state index contributed by atoms with van der Waals surface area (Å²) in [6.45, 7) is 5.22. The lowest BCUT2D eigenvalue weighted by molar-refractivity contribution is 0.0502. The van der Waals surface area contributed by atoms with Crippen molar-refractivity contribution in [2.75, 3.05) is 13.2 Å². The molecule has 132 valence electrons. The summed E-state index contributed by atoms with van der Waals surface area (Å²) in [5, 5.41) is 0. The minimum absolute atomic E-state index is 0.0702. The van der Waals surface area contributed by atoms with E-state index in [1.165, 1.54) is 12.1 Å². The predicted octanol–water partition coefficient (Wildman–Crippen LogP) is 3.85. The normalized spacial score (nSPS) is 20.4. The number of hydrogen-bond acceptors (Lipinski definition) is 3. The van der Waals surface area contributed by atoms with Gasteiger partial charge in [0, 0.05) is 30.1 Å². The molecule has 1 aromatic carbocycles. The third kappa shape index (κ3) is 4.35. The Balaban J connectivity index is 1.62. The first kappa shape index (κ1) is 17.4. The second-order valence-corrected chi connectivity index (χ2v) is 6.75. The molecule has 0 radical (unpaired) electrons. The number of halogens is 1. The van der Waals surface area contributed by atoms with E-state index in [0.29, 0.717) is 19.0 Å². The van der Waals surface area contributed by atoms with Gasteiger partial charge in [-0.2, -0.15) is 0 Å². The van der Waals surface area contributed by atoms with E-state index in [1.54, 1.807) is 0 Å². The quantitative estimate of drug-likeness (QED) is 0.847. The molecule has 4 nitrogen and oxygen atoms in total. The van der Waals surface area contributed by atoms with Crippen LogP contribution in [0.4, 0.5) is 4.39 Å². The molecule has 0 bridgehead atoms. The molecule has 1 saturated heterocycles. The van der Waals surface area contributed by atoms with Crippen molar-refractivity contribution in [2.45, 2.75) is 32.7 Å². The summed E-state index contributed by atoms with van der Waals surface area (Å²) < 4.78 is 18.6. The molecule has 0 N–H and O–H groups in total. The second-order valence-electron chi connectivity index (χ2n) is 6.75. The summed E-state index contributed by atoms with van der Waals surface area (Å²) in [5.74, 6) is 0.350. The Morgan fingerprint density at radius 1 is 1.32 bits per heavy atom. The average molecular weight is 342 g/mol. The lowest BCUT2D eigenvalue weighted by Gasteiger charge is -2.38.